The minimum absolute atomic E-state index is 0.0314. The van der Waals surface area contributed by atoms with Crippen molar-refractivity contribution >= 4 is 40.7 Å². The Morgan fingerprint density at radius 3 is 2.63 bits per heavy atom. The summed E-state index contributed by atoms with van der Waals surface area (Å²) in [5.74, 6) is -1.56. The van der Waals surface area contributed by atoms with Crippen LogP contribution in [0.15, 0.2) is 48.5 Å². The summed E-state index contributed by atoms with van der Waals surface area (Å²) in [6, 6.07) is 10.8. The summed E-state index contributed by atoms with van der Waals surface area (Å²) >= 11 is 5.22. The van der Waals surface area contributed by atoms with Crippen molar-refractivity contribution < 1.29 is 23.5 Å². The largest absolute Gasteiger partial charge is 0.497 e. The quantitative estimate of drug-likeness (QED) is 0.681. The lowest BCUT2D eigenvalue weighted by Crippen LogP contribution is -2.49. The Bertz CT molecular complexity index is 1020. The molecular formula is C20H19FN4O4S. The third-order valence-corrected chi connectivity index (χ3v) is 4.93. The van der Waals surface area contributed by atoms with Crippen LogP contribution in [0.3, 0.4) is 0 Å². The highest BCUT2D eigenvalue weighted by Gasteiger charge is 2.42. The van der Waals surface area contributed by atoms with E-state index in [1.54, 1.807) is 24.3 Å². The number of hydrogen-bond donors (Lipinski definition) is 2. The zero-order valence-electron chi connectivity index (χ0n) is 16.2. The second kappa shape index (κ2) is 8.87. The number of anilines is 1. The summed E-state index contributed by atoms with van der Waals surface area (Å²) in [7, 11) is 2.96. The molecule has 2 N–H and O–H groups in total. The van der Waals surface area contributed by atoms with Gasteiger partial charge in [-0.3, -0.25) is 24.7 Å². The normalized spacial score (nSPS) is 15.9. The van der Waals surface area contributed by atoms with Crippen molar-refractivity contribution in [2.45, 2.75) is 12.5 Å². The van der Waals surface area contributed by atoms with Gasteiger partial charge >= 0.3 is 0 Å². The number of nitrogens with one attached hydrogen (secondary N) is 2. The van der Waals surface area contributed by atoms with Gasteiger partial charge in [-0.2, -0.15) is 0 Å². The number of hydrogen-bond acceptors (Lipinski definition) is 5. The van der Waals surface area contributed by atoms with Crippen LogP contribution in [0.1, 0.15) is 16.8 Å². The Hall–Kier alpha value is -3.53. The molecule has 3 rings (SSSR count). The molecule has 1 fully saturated rings. The first-order valence-corrected chi connectivity index (χ1v) is 9.32. The molecule has 1 aliphatic heterocycles. The van der Waals surface area contributed by atoms with Crippen LogP contribution in [-0.2, 0) is 9.59 Å². The molecule has 1 saturated heterocycles. The van der Waals surface area contributed by atoms with Gasteiger partial charge in [0.1, 0.15) is 17.6 Å². The first kappa shape index (κ1) is 21.2. The topological polar surface area (TPSA) is 91.0 Å². The molecule has 10 heteroatoms. The van der Waals surface area contributed by atoms with E-state index in [-0.39, 0.29) is 17.1 Å². The maximum absolute atomic E-state index is 13.4. The number of likely N-dealkylation sites (N-methyl/N-ethyl adjacent to an activating group) is 1. The first-order valence-electron chi connectivity index (χ1n) is 8.91. The number of thiocarbonyl (C=S) groups is 1. The number of hydrazine groups is 1. The van der Waals surface area contributed by atoms with Gasteiger partial charge in [0.05, 0.1) is 13.5 Å². The second-order valence-corrected chi connectivity index (χ2v) is 6.87. The van der Waals surface area contributed by atoms with E-state index in [9.17, 15) is 18.8 Å². The Morgan fingerprint density at radius 2 is 1.93 bits per heavy atom. The highest BCUT2D eigenvalue weighted by Crippen LogP contribution is 2.20. The molecule has 0 aliphatic carbocycles. The monoisotopic (exact) mass is 430 g/mol. The van der Waals surface area contributed by atoms with Crippen molar-refractivity contribution in [3.8, 4) is 5.75 Å². The second-order valence-electron chi connectivity index (χ2n) is 6.50. The van der Waals surface area contributed by atoms with E-state index in [1.165, 1.54) is 37.3 Å². The molecule has 1 atom stereocenters. The summed E-state index contributed by atoms with van der Waals surface area (Å²) in [4.78, 5) is 38.7. The Balaban J connectivity index is 1.73. The van der Waals surface area contributed by atoms with E-state index in [1.807, 2.05) is 0 Å². The summed E-state index contributed by atoms with van der Waals surface area (Å²) in [5, 5.41) is 3.87. The van der Waals surface area contributed by atoms with Crippen molar-refractivity contribution in [3.63, 3.8) is 0 Å². The molecule has 8 nitrogen and oxygen atoms in total. The molecule has 3 amide bonds. The van der Waals surface area contributed by atoms with Crippen LogP contribution >= 0.6 is 12.2 Å². The van der Waals surface area contributed by atoms with Crippen LogP contribution in [0.4, 0.5) is 10.1 Å². The number of rotatable bonds is 6. The number of halogens is 1. The smallest absolute Gasteiger partial charge is 0.269 e. The molecule has 0 saturated carbocycles. The molecule has 1 unspecified atom stereocenters. The fourth-order valence-electron chi connectivity index (χ4n) is 2.92. The molecule has 0 spiro atoms. The Kier molecular flexibility index (Phi) is 6.26. The van der Waals surface area contributed by atoms with E-state index in [2.05, 4.69) is 10.7 Å². The molecule has 1 aliphatic rings. The number of nitrogens with zero attached hydrogens (tertiary/aromatic N) is 2. The summed E-state index contributed by atoms with van der Waals surface area (Å²) in [5.41, 5.74) is 3.05. The standard InChI is InChI=1S/C20H19FN4O4S/c1-24-19(28)16(11-17(26)22-14-7-4-8-15(10-14)29-2)25(20(24)30)23-18(27)12-5-3-6-13(21)9-12/h3-10,16H,11H2,1-2H3,(H,22,26)(H,23,27). The van der Waals surface area contributed by atoms with Crippen LogP contribution < -0.4 is 15.5 Å². The van der Waals surface area contributed by atoms with E-state index < -0.39 is 29.6 Å². The average Bonchev–Trinajstić information content (AvgIpc) is 2.92. The fourth-order valence-corrected chi connectivity index (χ4v) is 3.18. The maximum Gasteiger partial charge on any atom is 0.269 e. The molecule has 156 valence electrons. The highest BCUT2D eigenvalue weighted by molar-refractivity contribution is 7.80. The predicted molar refractivity (Wildman–Crippen MR) is 111 cm³/mol. The predicted octanol–water partition coefficient (Wildman–Crippen LogP) is 1.94. The zero-order valence-corrected chi connectivity index (χ0v) is 17.0. The number of methoxy groups -OCH3 is 1. The molecule has 1 heterocycles. The van der Waals surface area contributed by atoms with Gasteiger partial charge in [0.25, 0.3) is 11.8 Å². The minimum Gasteiger partial charge on any atom is -0.497 e. The molecule has 0 radical (unpaired) electrons. The molecule has 30 heavy (non-hydrogen) atoms. The van der Waals surface area contributed by atoms with E-state index >= 15 is 0 Å². The van der Waals surface area contributed by atoms with Crippen LogP contribution in [-0.4, -0.2) is 52.9 Å². The molecule has 2 aromatic carbocycles. The van der Waals surface area contributed by atoms with Gasteiger partial charge in [0.2, 0.25) is 5.91 Å². The van der Waals surface area contributed by atoms with Gasteiger partial charge in [-0.1, -0.05) is 12.1 Å². The van der Waals surface area contributed by atoms with Gasteiger partial charge in [0, 0.05) is 24.4 Å². The number of benzene rings is 2. The van der Waals surface area contributed by atoms with Gasteiger partial charge in [0.15, 0.2) is 5.11 Å². The van der Waals surface area contributed by atoms with E-state index in [0.717, 1.165) is 11.1 Å². The first-order chi connectivity index (χ1) is 14.3. The van der Waals surface area contributed by atoms with Crippen LogP contribution in [0.25, 0.3) is 0 Å². The van der Waals surface area contributed by atoms with Crippen molar-refractivity contribution in [2.75, 3.05) is 19.5 Å². The van der Waals surface area contributed by atoms with Gasteiger partial charge < -0.3 is 10.1 Å². The average molecular weight is 430 g/mol. The lowest BCUT2D eigenvalue weighted by Gasteiger charge is -2.24. The van der Waals surface area contributed by atoms with Crippen molar-refractivity contribution in [1.82, 2.24) is 15.3 Å². The third kappa shape index (κ3) is 4.54. The van der Waals surface area contributed by atoms with Gasteiger partial charge in [-0.25, -0.2) is 9.40 Å². The lowest BCUT2D eigenvalue weighted by molar-refractivity contribution is -0.130. The van der Waals surface area contributed by atoms with Crippen LogP contribution in [0.5, 0.6) is 5.75 Å². The van der Waals surface area contributed by atoms with Gasteiger partial charge in [-0.15, -0.1) is 0 Å². The Labute approximate surface area is 177 Å². The van der Waals surface area contributed by atoms with E-state index in [0.29, 0.717) is 11.4 Å². The SMILES string of the molecule is COc1cccc(NC(=O)CC2C(=O)N(C)C(=S)N2NC(=O)c2cccc(F)c2)c1. The molecular weight excluding hydrogens is 411 g/mol. The summed E-state index contributed by atoms with van der Waals surface area (Å²) < 4.78 is 18.5. The fraction of sp³-hybridized carbons (Fsp3) is 0.200. The summed E-state index contributed by atoms with van der Waals surface area (Å²) in [6.45, 7) is 0. The van der Waals surface area contributed by atoms with Crippen LogP contribution in [0.2, 0.25) is 0 Å². The van der Waals surface area contributed by atoms with Gasteiger partial charge in [-0.05, 0) is 42.5 Å². The Morgan fingerprint density at radius 1 is 1.20 bits per heavy atom. The minimum atomic E-state index is -1.04. The number of ether oxygens (including phenoxy) is 1. The number of carbonyl (C=O) groups is 3. The highest BCUT2D eigenvalue weighted by atomic mass is 32.1. The van der Waals surface area contributed by atoms with Crippen molar-refractivity contribution in [1.29, 1.82) is 0 Å². The van der Waals surface area contributed by atoms with Crippen molar-refractivity contribution in [3.05, 3.63) is 59.9 Å². The number of amides is 3. The lowest BCUT2D eigenvalue weighted by atomic mass is 10.2. The maximum atomic E-state index is 13.4. The molecule has 0 bridgehead atoms. The van der Waals surface area contributed by atoms with E-state index in [4.69, 9.17) is 17.0 Å². The van der Waals surface area contributed by atoms with Crippen LogP contribution in [0, 0.1) is 5.82 Å². The zero-order chi connectivity index (χ0) is 21.8. The molecule has 2 aromatic rings. The molecule has 0 aromatic heterocycles. The third-order valence-electron chi connectivity index (χ3n) is 4.46. The number of carbonyl (C=O) groups excluding carboxylic acids is 3. The van der Waals surface area contributed by atoms with Crippen molar-refractivity contribution in [2.24, 2.45) is 0 Å². The summed E-state index contributed by atoms with van der Waals surface area (Å²) in [6.07, 6.45) is -0.260.